The predicted octanol–water partition coefficient (Wildman–Crippen LogP) is 1.73. The number of methoxy groups -OCH3 is 1. The topological polar surface area (TPSA) is 61.8 Å². The highest BCUT2D eigenvalue weighted by atomic mass is 16.6. The Labute approximate surface area is 114 Å². The predicted molar refractivity (Wildman–Crippen MR) is 69.8 cm³/mol. The molecule has 1 aliphatic rings. The Bertz CT molecular complexity index is 312. The number of hydrogen-bond donors (Lipinski definition) is 0. The zero-order chi connectivity index (χ0) is 14.5. The zero-order valence-corrected chi connectivity index (χ0v) is 12.2. The Morgan fingerprint density at radius 1 is 1.26 bits per heavy atom. The molecular formula is C14H24O5. The van der Waals surface area contributed by atoms with Gasteiger partial charge in [-0.3, -0.25) is 9.59 Å². The first-order valence-corrected chi connectivity index (χ1v) is 6.68. The second-order valence-corrected chi connectivity index (χ2v) is 5.84. The third-order valence-corrected chi connectivity index (χ3v) is 3.00. The third kappa shape index (κ3) is 5.70. The highest BCUT2D eigenvalue weighted by Gasteiger charge is 2.31. The van der Waals surface area contributed by atoms with Crippen molar-refractivity contribution >= 4 is 11.8 Å². The summed E-state index contributed by atoms with van der Waals surface area (Å²) in [6.07, 6.45) is 0.820. The lowest BCUT2D eigenvalue weighted by Gasteiger charge is -2.28. The molecule has 0 aliphatic carbocycles. The molecular weight excluding hydrogens is 248 g/mol. The maximum absolute atomic E-state index is 12.1. The summed E-state index contributed by atoms with van der Waals surface area (Å²) in [5.74, 6) is -0.566. The highest BCUT2D eigenvalue weighted by Crippen LogP contribution is 2.22. The largest absolute Gasteiger partial charge is 0.460 e. The number of esters is 1. The lowest BCUT2D eigenvalue weighted by atomic mass is 9.90. The van der Waals surface area contributed by atoms with Gasteiger partial charge in [-0.05, 0) is 39.5 Å². The van der Waals surface area contributed by atoms with E-state index in [2.05, 4.69) is 0 Å². The van der Waals surface area contributed by atoms with Crippen LogP contribution in [0, 0.1) is 5.92 Å². The van der Waals surface area contributed by atoms with Crippen LogP contribution >= 0.6 is 0 Å². The summed E-state index contributed by atoms with van der Waals surface area (Å²) in [7, 11) is 1.51. The molecule has 0 bridgehead atoms. The molecule has 1 rings (SSSR count). The average molecular weight is 272 g/mol. The minimum Gasteiger partial charge on any atom is -0.460 e. The van der Waals surface area contributed by atoms with E-state index in [-0.39, 0.29) is 18.1 Å². The molecule has 0 spiro atoms. The Hall–Kier alpha value is -0.940. The van der Waals surface area contributed by atoms with Crippen molar-refractivity contribution in [2.24, 2.45) is 5.92 Å². The van der Waals surface area contributed by atoms with Gasteiger partial charge in [0.2, 0.25) is 0 Å². The molecule has 0 aromatic rings. The number of ketones is 1. The quantitative estimate of drug-likeness (QED) is 0.563. The van der Waals surface area contributed by atoms with Crippen molar-refractivity contribution in [1.82, 2.24) is 0 Å². The van der Waals surface area contributed by atoms with Gasteiger partial charge in [-0.25, -0.2) is 0 Å². The van der Waals surface area contributed by atoms with E-state index in [1.807, 2.05) is 0 Å². The second-order valence-electron chi connectivity index (χ2n) is 5.84. The molecule has 0 aromatic heterocycles. The molecule has 1 saturated heterocycles. The van der Waals surface area contributed by atoms with Gasteiger partial charge in [-0.15, -0.1) is 0 Å². The summed E-state index contributed by atoms with van der Waals surface area (Å²) in [5, 5.41) is 0. The van der Waals surface area contributed by atoms with Crippen molar-refractivity contribution < 1.29 is 23.8 Å². The molecule has 1 fully saturated rings. The monoisotopic (exact) mass is 272 g/mol. The van der Waals surface area contributed by atoms with E-state index in [0.717, 1.165) is 12.8 Å². The van der Waals surface area contributed by atoms with E-state index in [1.165, 1.54) is 7.11 Å². The molecule has 1 heterocycles. The van der Waals surface area contributed by atoms with Crippen molar-refractivity contribution in [3.63, 3.8) is 0 Å². The van der Waals surface area contributed by atoms with Crippen molar-refractivity contribution in [3.05, 3.63) is 0 Å². The van der Waals surface area contributed by atoms with Gasteiger partial charge in [0.25, 0.3) is 0 Å². The van der Waals surface area contributed by atoms with E-state index in [1.54, 1.807) is 20.8 Å². The minimum absolute atomic E-state index is 0.133. The molecule has 0 unspecified atom stereocenters. The van der Waals surface area contributed by atoms with Crippen molar-refractivity contribution in [2.75, 3.05) is 20.3 Å². The summed E-state index contributed by atoms with van der Waals surface area (Å²) in [6.45, 7) is 6.62. The molecule has 110 valence electrons. The van der Waals surface area contributed by atoms with Gasteiger partial charge in [0, 0.05) is 20.3 Å². The lowest BCUT2D eigenvalue weighted by molar-refractivity contribution is -0.158. The van der Waals surface area contributed by atoms with E-state index < -0.39 is 17.7 Å². The third-order valence-electron chi connectivity index (χ3n) is 3.00. The summed E-state index contributed by atoms with van der Waals surface area (Å²) in [4.78, 5) is 23.8. The molecule has 0 aromatic carbocycles. The van der Waals surface area contributed by atoms with Gasteiger partial charge in [0.15, 0.2) is 5.78 Å². The van der Waals surface area contributed by atoms with Gasteiger partial charge >= 0.3 is 5.97 Å². The SMILES string of the molecule is CO[C@@H](C(=O)CC(=O)OC(C)(C)C)C1CCOCC1. The van der Waals surface area contributed by atoms with Crippen LogP contribution in [0.1, 0.15) is 40.0 Å². The van der Waals surface area contributed by atoms with E-state index in [0.29, 0.717) is 13.2 Å². The highest BCUT2D eigenvalue weighted by molar-refractivity contribution is 5.98. The molecule has 5 nitrogen and oxygen atoms in total. The van der Waals surface area contributed by atoms with E-state index in [4.69, 9.17) is 14.2 Å². The lowest BCUT2D eigenvalue weighted by Crippen LogP contribution is -2.37. The fourth-order valence-corrected chi connectivity index (χ4v) is 2.23. The second kappa shape index (κ2) is 7.01. The Kier molecular flexibility index (Phi) is 5.94. The normalized spacial score (nSPS) is 18.9. The van der Waals surface area contributed by atoms with Crippen LogP contribution in [0.2, 0.25) is 0 Å². The molecule has 5 heteroatoms. The first-order chi connectivity index (χ1) is 8.83. The number of Topliss-reactive ketones (excluding diaryl/α,β-unsaturated/α-hetero) is 1. The Morgan fingerprint density at radius 3 is 2.32 bits per heavy atom. The Balaban J connectivity index is 2.51. The molecule has 1 atom stereocenters. The maximum Gasteiger partial charge on any atom is 0.313 e. The fraction of sp³-hybridized carbons (Fsp3) is 0.857. The van der Waals surface area contributed by atoms with Crippen LogP contribution in [0.5, 0.6) is 0 Å². The van der Waals surface area contributed by atoms with Crippen LogP contribution in [-0.4, -0.2) is 43.8 Å². The first-order valence-electron chi connectivity index (χ1n) is 6.68. The zero-order valence-electron chi connectivity index (χ0n) is 12.2. The van der Waals surface area contributed by atoms with Gasteiger partial charge in [-0.2, -0.15) is 0 Å². The standard InChI is InChI=1S/C14H24O5/c1-14(2,3)19-12(16)9-11(15)13(17-4)10-5-7-18-8-6-10/h10,13H,5-9H2,1-4H3/t13-/m1/s1. The number of hydrogen-bond acceptors (Lipinski definition) is 5. The molecule has 0 amide bonds. The van der Waals surface area contributed by atoms with Crippen LogP contribution in [0.25, 0.3) is 0 Å². The van der Waals surface area contributed by atoms with Crippen molar-refractivity contribution in [2.45, 2.75) is 51.7 Å². The molecule has 19 heavy (non-hydrogen) atoms. The number of carbonyl (C=O) groups is 2. The van der Waals surface area contributed by atoms with Crippen LogP contribution in [0.15, 0.2) is 0 Å². The van der Waals surface area contributed by atoms with Gasteiger partial charge in [0.1, 0.15) is 18.1 Å². The van der Waals surface area contributed by atoms with Gasteiger partial charge in [-0.1, -0.05) is 0 Å². The summed E-state index contributed by atoms with van der Waals surface area (Å²) >= 11 is 0. The summed E-state index contributed by atoms with van der Waals surface area (Å²) < 4.78 is 15.7. The Morgan fingerprint density at radius 2 is 1.84 bits per heavy atom. The van der Waals surface area contributed by atoms with Crippen molar-refractivity contribution in [1.29, 1.82) is 0 Å². The smallest absolute Gasteiger partial charge is 0.313 e. The van der Waals surface area contributed by atoms with Gasteiger partial charge < -0.3 is 14.2 Å². The summed E-state index contributed by atoms with van der Waals surface area (Å²) in [6, 6.07) is 0. The number of rotatable bonds is 5. The minimum atomic E-state index is -0.571. The molecule has 1 aliphatic heterocycles. The van der Waals surface area contributed by atoms with Crippen LogP contribution in [-0.2, 0) is 23.8 Å². The number of ether oxygens (including phenoxy) is 3. The fourth-order valence-electron chi connectivity index (χ4n) is 2.23. The molecule has 0 saturated carbocycles. The van der Waals surface area contributed by atoms with E-state index in [9.17, 15) is 9.59 Å². The first kappa shape index (κ1) is 16.1. The van der Waals surface area contributed by atoms with E-state index >= 15 is 0 Å². The molecule has 0 N–H and O–H groups in total. The van der Waals surface area contributed by atoms with Crippen LogP contribution in [0.4, 0.5) is 0 Å². The van der Waals surface area contributed by atoms with Crippen molar-refractivity contribution in [3.8, 4) is 0 Å². The average Bonchev–Trinajstić information content (AvgIpc) is 2.28. The molecule has 0 radical (unpaired) electrons. The van der Waals surface area contributed by atoms with Gasteiger partial charge in [0.05, 0.1) is 0 Å². The van der Waals surface area contributed by atoms with Crippen LogP contribution < -0.4 is 0 Å². The maximum atomic E-state index is 12.1. The number of carbonyl (C=O) groups excluding carboxylic acids is 2. The summed E-state index contributed by atoms with van der Waals surface area (Å²) in [5.41, 5.74) is -0.571. The van der Waals surface area contributed by atoms with Crippen LogP contribution in [0.3, 0.4) is 0 Å².